The first-order valence-corrected chi connectivity index (χ1v) is 12.5. The van der Waals surface area contributed by atoms with E-state index in [-0.39, 0.29) is 12.5 Å². The number of hydrogen-bond donors (Lipinski definition) is 3. The van der Waals surface area contributed by atoms with E-state index in [1.165, 1.54) is 13.3 Å². The summed E-state index contributed by atoms with van der Waals surface area (Å²) in [4.78, 5) is 36.9. The van der Waals surface area contributed by atoms with Crippen LogP contribution in [0, 0.1) is 20.8 Å². The molecule has 3 aromatic rings. The Balaban J connectivity index is 1.61. The Morgan fingerprint density at radius 1 is 0.974 bits per heavy atom. The smallest absolute Gasteiger partial charge is 0.329 e. The van der Waals surface area contributed by atoms with Crippen LogP contribution in [-0.2, 0) is 14.4 Å². The van der Waals surface area contributed by atoms with Gasteiger partial charge in [0.25, 0.3) is 5.91 Å². The average molecular weight is 602 g/mol. The molecule has 0 heterocycles. The maximum atomic E-state index is 12.4. The molecule has 0 atom stereocenters. The quantitative estimate of drug-likeness (QED) is 0.188. The van der Waals surface area contributed by atoms with Crippen molar-refractivity contribution in [1.29, 1.82) is 0 Å². The highest BCUT2D eigenvalue weighted by Gasteiger charge is 2.16. The van der Waals surface area contributed by atoms with Crippen molar-refractivity contribution in [3.8, 4) is 11.5 Å². The summed E-state index contributed by atoms with van der Waals surface area (Å²) in [5.74, 6) is -1.51. The second-order valence-electron chi connectivity index (χ2n) is 8.25. The highest BCUT2D eigenvalue weighted by Crippen LogP contribution is 2.36. The van der Waals surface area contributed by atoms with Gasteiger partial charge in [0.05, 0.1) is 17.8 Å². The van der Waals surface area contributed by atoms with Gasteiger partial charge < -0.3 is 20.1 Å². The lowest BCUT2D eigenvalue weighted by Gasteiger charge is -2.14. The number of aryl methyl sites for hydroxylation is 3. The van der Waals surface area contributed by atoms with Crippen molar-refractivity contribution >= 4 is 62.8 Å². The number of nitrogens with one attached hydrogen (secondary N) is 3. The Hall–Kier alpha value is -3.89. The minimum atomic E-state index is -0.921. The Labute approximate surface area is 233 Å². The van der Waals surface area contributed by atoms with Crippen molar-refractivity contribution in [3.63, 3.8) is 0 Å². The van der Waals surface area contributed by atoms with Crippen molar-refractivity contribution < 1.29 is 23.9 Å². The van der Waals surface area contributed by atoms with Gasteiger partial charge in [0.2, 0.25) is 0 Å². The fourth-order valence-corrected chi connectivity index (χ4v) is 4.15. The molecule has 198 valence electrons. The minimum Gasteiger partial charge on any atom is -0.493 e. The molecule has 3 aromatic carbocycles. The van der Waals surface area contributed by atoms with Crippen LogP contribution in [0.25, 0.3) is 0 Å². The summed E-state index contributed by atoms with van der Waals surface area (Å²) in [7, 11) is 1.45. The Kier molecular flexibility index (Phi) is 9.86. The van der Waals surface area contributed by atoms with Gasteiger partial charge in [-0.15, -0.1) is 0 Å². The molecule has 0 unspecified atom stereocenters. The lowest BCUT2D eigenvalue weighted by molar-refractivity contribution is -0.136. The fraction of sp³-hybridized carbons (Fsp3) is 0.185. The molecule has 0 saturated heterocycles. The van der Waals surface area contributed by atoms with Crippen LogP contribution in [-0.4, -0.2) is 37.7 Å². The van der Waals surface area contributed by atoms with Gasteiger partial charge in [0, 0.05) is 16.4 Å². The molecule has 0 saturated carbocycles. The van der Waals surface area contributed by atoms with Crippen LogP contribution in [0.1, 0.15) is 22.3 Å². The van der Waals surface area contributed by atoms with E-state index in [0.717, 1.165) is 16.7 Å². The van der Waals surface area contributed by atoms with Crippen LogP contribution in [0.5, 0.6) is 11.5 Å². The molecule has 0 fully saturated rings. The zero-order chi connectivity index (χ0) is 27.8. The number of methoxy groups -OCH3 is 1. The molecule has 0 aliphatic carbocycles. The molecule has 0 aromatic heterocycles. The van der Waals surface area contributed by atoms with Crippen LogP contribution in [0.3, 0.4) is 0 Å². The Morgan fingerprint density at radius 2 is 1.68 bits per heavy atom. The summed E-state index contributed by atoms with van der Waals surface area (Å²) < 4.78 is 11.6. The predicted molar refractivity (Wildman–Crippen MR) is 151 cm³/mol. The summed E-state index contributed by atoms with van der Waals surface area (Å²) in [6.07, 6.45) is 1.34. The number of amides is 3. The molecule has 3 rings (SSSR count). The summed E-state index contributed by atoms with van der Waals surface area (Å²) in [6.45, 7) is 5.25. The zero-order valence-corrected chi connectivity index (χ0v) is 23.5. The van der Waals surface area contributed by atoms with Crippen molar-refractivity contribution in [2.24, 2.45) is 5.10 Å². The number of para-hydroxylation sites is 1. The van der Waals surface area contributed by atoms with Gasteiger partial charge in [-0.25, -0.2) is 5.43 Å². The number of hydrazone groups is 1. The Bertz CT molecular complexity index is 1390. The van der Waals surface area contributed by atoms with Gasteiger partial charge in [-0.1, -0.05) is 35.9 Å². The molecular formula is C27H26BrClN4O5. The van der Waals surface area contributed by atoms with E-state index in [1.54, 1.807) is 30.3 Å². The fourth-order valence-electron chi connectivity index (χ4n) is 3.41. The van der Waals surface area contributed by atoms with Crippen molar-refractivity contribution in [2.45, 2.75) is 20.8 Å². The average Bonchev–Trinajstić information content (AvgIpc) is 2.87. The normalized spacial score (nSPS) is 10.7. The number of ether oxygens (including phenoxy) is 2. The highest BCUT2D eigenvalue weighted by molar-refractivity contribution is 9.10. The first kappa shape index (κ1) is 28.7. The lowest BCUT2D eigenvalue weighted by atomic mass is 10.1. The van der Waals surface area contributed by atoms with Crippen LogP contribution in [0.2, 0.25) is 5.02 Å². The second-order valence-corrected chi connectivity index (χ2v) is 9.54. The molecule has 0 aliphatic rings. The Morgan fingerprint density at radius 3 is 2.37 bits per heavy atom. The van der Waals surface area contributed by atoms with E-state index in [2.05, 4.69) is 37.1 Å². The summed E-state index contributed by atoms with van der Waals surface area (Å²) >= 11 is 9.41. The maximum absolute atomic E-state index is 12.4. The first-order valence-electron chi connectivity index (χ1n) is 11.4. The topological polar surface area (TPSA) is 118 Å². The number of carbonyl (C=O) groups is 3. The number of rotatable bonds is 8. The van der Waals surface area contributed by atoms with Gasteiger partial charge in [-0.2, -0.15) is 5.10 Å². The molecule has 0 radical (unpaired) electrons. The van der Waals surface area contributed by atoms with E-state index < -0.39 is 11.8 Å². The van der Waals surface area contributed by atoms with E-state index in [4.69, 9.17) is 21.1 Å². The molecule has 11 heteroatoms. The van der Waals surface area contributed by atoms with E-state index >= 15 is 0 Å². The second kappa shape index (κ2) is 13.1. The molecule has 3 N–H and O–H groups in total. The number of anilines is 2. The van der Waals surface area contributed by atoms with E-state index in [1.807, 2.05) is 39.0 Å². The van der Waals surface area contributed by atoms with Crippen LogP contribution in [0.15, 0.2) is 58.1 Å². The highest BCUT2D eigenvalue weighted by atomic mass is 79.9. The molecule has 0 spiro atoms. The van der Waals surface area contributed by atoms with Gasteiger partial charge in [0.15, 0.2) is 18.1 Å². The van der Waals surface area contributed by atoms with Crippen molar-refractivity contribution in [2.75, 3.05) is 24.4 Å². The zero-order valence-electron chi connectivity index (χ0n) is 21.1. The van der Waals surface area contributed by atoms with Crippen molar-refractivity contribution in [1.82, 2.24) is 5.43 Å². The van der Waals surface area contributed by atoms with Gasteiger partial charge in [0.1, 0.15) is 0 Å². The lowest BCUT2D eigenvalue weighted by Crippen LogP contribution is -2.32. The summed E-state index contributed by atoms with van der Waals surface area (Å²) in [5.41, 5.74) is 6.45. The molecule has 0 bridgehead atoms. The number of carbonyl (C=O) groups excluding carboxylic acids is 3. The van der Waals surface area contributed by atoms with E-state index in [0.29, 0.717) is 37.9 Å². The van der Waals surface area contributed by atoms with Crippen LogP contribution < -0.4 is 25.5 Å². The minimum absolute atomic E-state index is 0.278. The van der Waals surface area contributed by atoms with Gasteiger partial charge in [-0.3, -0.25) is 14.4 Å². The van der Waals surface area contributed by atoms with Crippen molar-refractivity contribution in [3.05, 3.63) is 80.3 Å². The molecular weight excluding hydrogens is 576 g/mol. The standard InChI is InChI=1S/C27H26BrClN4O5/c1-15-8-9-19(29)12-21(15)31-23(34)14-38-25-20(28)10-18(11-22(25)37-4)13-30-33-27(36)26(35)32-24-16(2)6-5-7-17(24)3/h5-13H,14H2,1-4H3,(H,31,34)(H,32,35)(H,33,36)/b30-13-. The summed E-state index contributed by atoms with van der Waals surface area (Å²) in [6, 6.07) is 14.0. The third-order valence-electron chi connectivity index (χ3n) is 5.38. The largest absolute Gasteiger partial charge is 0.493 e. The van der Waals surface area contributed by atoms with Gasteiger partial charge in [-0.05, 0) is 83.2 Å². The first-order chi connectivity index (χ1) is 18.1. The van der Waals surface area contributed by atoms with E-state index in [9.17, 15) is 14.4 Å². The molecule has 9 nitrogen and oxygen atoms in total. The van der Waals surface area contributed by atoms with Crippen LogP contribution >= 0.6 is 27.5 Å². The molecule has 0 aliphatic heterocycles. The monoisotopic (exact) mass is 600 g/mol. The number of halogens is 2. The maximum Gasteiger partial charge on any atom is 0.329 e. The SMILES string of the molecule is COc1cc(/C=N\NC(=O)C(=O)Nc2c(C)cccc2C)cc(Br)c1OCC(=O)Nc1cc(Cl)ccc1C. The predicted octanol–water partition coefficient (Wildman–Crippen LogP) is 5.14. The number of nitrogens with zero attached hydrogens (tertiary/aromatic N) is 1. The van der Waals surface area contributed by atoms with Gasteiger partial charge >= 0.3 is 11.8 Å². The molecule has 3 amide bonds. The third-order valence-corrected chi connectivity index (χ3v) is 6.20. The molecule has 38 heavy (non-hydrogen) atoms. The number of hydrogen-bond acceptors (Lipinski definition) is 6. The third kappa shape index (κ3) is 7.56. The van der Waals surface area contributed by atoms with Crippen LogP contribution in [0.4, 0.5) is 11.4 Å². The number of benzene rings is 3. The summed E-state index contributed by atoms with van der Waals surface area (Å²) in [5, 5.41) is 9.72.